The zero-order valence-corrected chi connectivity index (χ0v) is 8.33. The maximum atomic E-state index is 5.66. The van der Waals surface area contributed by atoms with Crippen molar-refractivity contribution in [2.24, 2.45) is 5.73 Å². The first kappa shape index (κ1) is 10.2. The third-order valence-corrected chi connectivity index (χ3v) is 2.20. The number of nitrogens with zero attached hydrogens (tertiary/aromatic N) is 2. The van der Waals surface area contributed by atoms with Gasteiger partial charge < -0.3 is 5.73 Å². The summed E-state index contributed by atoms with van der Waals surface area (Å²) < 4.78 is 0. The summed E-state index contributed by atoms with van der Waals surface area (Å²) in [5.41, 5.74) is 5.66. The molecule has 0 fully saturated rings. The van der Waals surface area contributed by atoms with Crippen molar-refractivity contribution in [3.63, 3.8) is 0 Å². The molecular formula is C9H18N4. The van der Waals surface area contributed by atoms with Gasteiger partial charge in [0.2, 0.25) is 0 Å². The Morgan fingerprint density at radius 2 is 2.23 bits per heavy atom. The van der Waals surface area contributed by atoms with Gasteiger partial charge in [0.1, 0.15) is 12.2 Å². The fourth-order valence-electron chi connectivity index (χ4n) is 1.34. The molecule has 0 bridgehead atoms. The molecule has 1 aromatic heterocycles. The maximum Gasteiger partial charge on any atom is 0.137 e. The van der Waals surface area contributed by atoms with Crippen LogP contribution in [0.15, 0.2) is 6.33 Å². The lowest BCUT2D eigenvalue weighted by molar-refractivity contribution is 0.544. The molecule has 74 valence electrons. The number of nitrogens with one attached hydrogen (secondary N) is 1. The molecule has 2 atom stereocenters. The standard InChI is InChI=1S/C9H18N4/c1-7(4-3-5-8(2)10)9-11-6-12-13-9/h6-8H,3-5,10H2,1-2H3,(H,11,12,13). The van der Waals surface area contributed by atoms with Crippen molar-refractivity contribution in [3.05, 3.63) is 12.2 Å². The molecule has 3 N–H and O–H groups in total. The van der Waals surface area contributed by atoms with E-state index in [2.05, 4.69) is 22.1 Å². The highest BCUT2D eigenvalue weighted by Gasteiger charge is 2.07. The molecule has 4 heteroatoms. The Labute approximate surface area is 78.9 Å². The predicted octanol–water partition coefficient (Wildman–Crippen LogP) is 1.43. The summed E-state index contributed by atoms with van der Waals surface area (Å²) in [5.74, 6) is 1.44. The van der Waals surface area contributed by atoms with Crippen LogP contribution in [0.3, 0.4) is 0 Å². The van der Waals surface area contributed by atoms with Crippen LogP contribution in [0.5, 0.6) is 0 Å². The summed E-state index contributed by atoms with van der Waals surface area (Å²) >= 11 is 0. The molecule has 1 aromatic rings. The van der Waals surface area contributed by atoms with Crippen molar-refractivity contribution in [1.82, 2.24) is 15.2 Å². The summed E-state index contributed by atoms with van der Waals surface area (Å²) in [7, 11) is 0. The van der Waals surface area contributed by atoms with E-state index >= 15 is 0 Å². The van der Waals surface area contributed by atoms with E-state index in [0.29, 0.717) is 12.0 Å². The number of aromatic amines is 1. The van der Waals surface area contributed by atoms with Crippen LogP contribution in [-0.2, 0) is 0 Å². The minimum absolute atomic E-state index is 0.307. The highest BCUT2D eigenvalue weighted by Crippen LogP contribution is 2.17. The lowest BCUT2D eigenvalue weighted by Crippen LogP contribution is -2.14. The number of H-pyrrole nitrogens is 1. The van der Waals surface area contributed by atoms with E-state index in [9.17, 15) is 0 Å². The zero-order chi connectivity index (χ0) is 9.68. The molecule has 1 rings (SSSR count). The van der Waals surface area contributed by atoms with Gasteiger partial charge in [0, 0.05) is 12.0 Å². The van der Waals surface area contributed by atoms with Crippen LogP contribution < -0.4 is 5.73 Å². The van der Waals surface area contributed by atoms with E-state index in [4.69, 9.17) is 5.73 Å². The van der Waals surface area contributed by atoms with Crippen molar-refractivity contribution in [3.8, 4) is 0 Å². The first-order valence-corrected chi connectivity index (χ1v) is 4.81. The SMILES string of the molecule is CC(N)CCCC(C)c1ncn[nH]1. The lowest BCUT2D eigenvalue weighted by atomic mass is 10.0. The largest absolute Gasteiger partial charge is 0.328 e. The van der Waals surface area contributed by atoms with Crippen LogP contribution in [-0.4, -0.2) is 21.2 Å². The molecule has 4 nitrogen and oxygen atoms in total. The van der Waals surface area contributed by atoms with Crippen molar-refractivity contribution >= 4 is 0 Å². The van der Waals surface area contributed by atoms with E-state index in [1.165, 1.54) is 0 Å². The summed E-state index contributed by atoms with van der Waals surface area (Å²) in [6.45, 7) is 4.20. The van der Waals surface area contributed by atoms with Crippen LogP contribution in [0.4, 0.5) is 0 Å². The van der Waals surface area contributed by atoms with E-state index in [1.54, 1.807) is 6.33 Å². The molecule has 0 saturated heterocycles. The van der Waals surface area contributed by atoms with Crippen LogP contribution in [0, 0.1) is 0 Å². The minimum Gasteiger partial charge on any atom is -0.328 e. The Morgan fingerprint density at radius 3 is 2.77 bits per heavy atom. The molecule has 2 unspecified atom stereocenters. The second kappa shape index (κ2) is 4.97. The summed E-state index contributed by atoms with van der Waals surface area (Å²) in [6.07, 6.45) is 4.91. The molecular weight excluding hydrogens is 164 g/mol. The van der Waals surface area contributed by atoms with Crippen LogP contribution in [0.25, 0.3) is 0 Å². The Kier molecular flexibility index (Phi) is 3.89. The molecule has 0 spiro atoms. The third kappa shape index (κ3) is 3.55. The quantitative estimate of drug-likeness (QED) is 0.723. The Balaban J connectivity index is 2.22. The number of nitrogens with two attached hydrogens (primary N) is 1. The molecule has 0 aliphatic carbocycles. The average molecular weight is 182 g/mol. The fourth-order valence-corrected chi connectivity index (χ4v) is 1.34. The highest BCUT2D eigenvalue weighted by molar-refractivity contribution is 4.89. The van der Waals surface area contributed by atoms with Crippen LogP contribution in [0.1, 0.15) is 44.9 Å². The summed E-state index contributed by atoms with van der Waals surface area (Å²) in [4.78, 5) is 4.12. The van der Waals surface area contributed by atoms with Gasteiger partial charge in [-0.1, -0.05) is 13.3 Å². The molecule has 0 radical (unpaired) electrons. The molecule has 0 aliphatic heterocycles. The van der Waals surface area contributed by atoms with Gasteiger partial charge in [-0.25, -0.2) is 4.98 Å². The van der Waals surface area contributed by atoms with E-state index in [0.717, 1.165) is 25.1 Å². The van der Waals surface area contributed by atoms with E-state index in [-0.39, 0.29) is 0 Å². The van der Waals surface area contributed by atoms with Gasteiger partial charge >= 0.3 is 0 Å². The Hall–Kier alpha value is -0.900. The average Bonchev–Trinajstić information content (AvgIpc) is 2.55. The van der Waals surface area contributed by atoms with Gasteiger partial charge in [-0.15, -0.1) is 0 Å². The highest BCUT2D eigenvalue weighted by atomic mass is 15.2. The number of rotatable bonds is 5. The predicted molar refractivity (Wildman–Crippen MR) is 52.3 cm³/mol. The maximum absolute atomic E-state index is 5.66. The first-order valence-electron chi connectivity index (χ1n) is 4.81. The Morgan fingerprint density at radius 1 is 1.46 bits per heavy atom. The monoisotopic (exact) mass is 182 g/mol. The van der Waals surface area contributed by atoms with Gasteiger partial charge in [0.25, 0.3) is 0 Å². The topological polar surface area (TPSA) is 67.6 Å². The Bertz CT molecular complexity index is 218. The van der Waals surface area contributed by atoms with Crippen molar-refractivity contribution < 1.29 is 0 Å². The second-order valence-electron chi connectivity index (χ2n) is 3.68. The van der Waals surface area contributed by atoms with Crippen molar-refractivity contribution in [2.45, 2.75) is 45.1 Å². The minimum atomic E-state index is 0.307. The fraction of sp³-hybridized carbons (Fsp3) is 0.778. The first-order chi connectivity index (χ1) is 6.20. The van der Waals surface area contributed by atoms with E-state index < -0.39 is 0 Å². The second-order valence-corrected chi connectivity index (χ2v) is 3.68. The third-order valence-electron chi connectivity index (χ3n) is 2.20. The molecule has 1 heterocycles. The normalized spacial score (nSPS) is 15.6. The van der Waals surface area contributed by atoms with Crippen molar-refractivity contribution in [1.29, 1.82) is 0 Å². The molecule has 0 aromatic carbocycles. The van der Waals surface area contributed by atoms with Gasteiger partial charge in [-0.2, -0.15) is 5.10 Å². The number of aromatic nitrogens is 3. The van der Waals surface area contributed by atoms with Gasteiger partial charge in [-0.05, 0) is 19.8 Å². The molecule has 13 heavy (non-hydrogen) atoms. The zero-order valence-electron chi connectivity index (χ0n) is 8.33. The smallest absolute Gasteiger partial charge is 0.137 e. The van der Waals surface area contributed by atoms with Crippen LogP contribution in [0.2, 0.25) is 0 Å². The van der Waals surface area contributed by atoms with Gasteiger partial charge in [0.05, 0.1) is 0 Å². The summed E-state index contributed by atoms with van der Waals surface area (Å²) in [5, 5.41) is 6.71. The molecule has 0 saturated carbocycles. The molecule has 0 aliphatic rings. The summed E-state index contributed by atoms with van der Waals surface area (Å²) in [6, 6.07) is 0.307. The number of hydrogen-bond donors (Lipinski definition) is 2. The lowest BCUT2D eigenvalue weighted by Gasteiger charge is -2.08. The van der Waals surface area contributed by atoms with Crippen LogP contribution >= 0.6 is 0 Å². The van der Waals surface area contributed by atoms with Crippen molar-refractivity contribution in [2.75, 3.05) is 0 Å². The van der Waals surface area contributed by atoms with Gasteiger partial charge in [-0.3, -0.25) is 5.10 Å². The molecule has 0 amide bonds. The van der Waals surface area contributed by atoms with Gasteiger partial charge in [0.15, 0.2) is 0 Å². The number of hydrogen-bond acceptors (Lipinski definition) is 3. The van der Waals surface area contributed by atoms with E-state index in [1.807, 2.05) is 6.92 Å².